The number of rotatable bonds is 9. The first-order chi connectivity index (χ1) is 15.0. The maximum absolute atomic E-state index is 13.2. The fourth-order valence-corrected chi connectivity index (χ4v) is 3.44. The number of hydrogen-bond donors (Lipinski definition) is 1. The molecule has 160 valence electrons. The lowest BCUT2D eigenvalue weighted by molar-refractivity contribution is -0.123. The molecule has 0 unspecified atom stereocenters. The summed E-state index contributed by atoms with van der Waals surface area (Å²) in [5.41, 5.74) is 1.12. The third-order valence-electron chi connectivity index (χ3n) is 4.47. The van der Waals surface area contributed by atoms with Gasteiger partial charge >= 0.3 is 0 Å². The maximum Gasteiger partial charge on any atom is 0.259 e. The molecule has 0 saturated carbocycles. The zero-order valence-electron chi connectivity index (χ0n) is 16.8. The second kappa shape index (κ2) is 11.4. The second-order valence-electron chi connectivity index (χ2n) is 6.72. The molecule has 0 aliphatic heterocycles. The van der Waals surface area contributed by atoms with Crippen molar-refractivity contribution >= 4 is 40.7 Å². The third kappa shape index (κ3) is 6.74. The van der Waals surface area contributed by atoms with Gasteiger partial charge < -0.3 is 15.0 Å². The van der Waals surface area contributed by atoms with Crippen molar-refractivity contribution in [2.75, 3.05) is 24.6 Å². The molecule has 0 aliphatic carbocycles. The molecule has 3 rings (SSSR count). The van der Waals surface area contributed by atoms with Gasteiger partial charge in [0.2, 0.25) is 0 Å². The molecule has 0 radical (unpaired) electrons. The first kappa shape index (κ1) is 22.7. The monoisotopic (exact) mass is 456 g/mol. The number of para-hydroxylation sites is 2. The molecule has 31 heavy (non-hydrogen) atoms. The van der Waals surface area contributed by atoms with Crippen LogP contribution in [0, 0.1) is 0 Å². The molecule has 0 fully saturated rings. The van der Waals surface area contributed by atoms with E-state index in [4.69, 9.17) is 27.9 Å². The Labute approximate surface area is 191 Å². The van der Waals surface area contributed by atoms with Crippen LogP contribution >= 0.6 is 23.2 Å². The van der Waals surface area contributed by atoms with Crippen LogP contribution in [0.25, 0.3) is 0 Å². The van der Waals surface area contributed by atoms with Crippen LogP contribution in [0.1, 0.15) is 16.8 Å². The van der Waals surface area contributed by atoms with Crippen molar-refractivity contribution in [2.24, 2.45) is 0 Å². The van der Waals surface area contributed by atoms with Gasteiger partial charge in [-0.2, -0.15) is 0 Å². The minimum Gasteiger partial charge on any atom is -0.484 e. The van der Waals surface area contributed by atoms with E-state index in [0.717, 1.165) is 5.69 Å². The molecular formula is C24H22Cl2N2O3. The van der Waals surface area contributed by atoms with Crippen LogP contribution in [0.2, 0.25) is 10.0 Å². The van der Waals surface area contributed by atoms with Gasteiger partial charge in [-0.3, -0.25) is 9.59 Å². The number of amides is 2. The van der Waals surface area contributed by atoms with Crippen molar-refractivity contribution in [2.45, 2.75) is 6.42 Å². The Hall–Kier alpha value is -3.02. The van der Waals surface area contributed by atoms with E-state index in [-0.39, 0.29) is 18.4 Å². The normalized spacial score (nSPS) is 10.4. The van der Waals surface area contributed by atoms with Crippen LogP contribution in [0.15, 0.2) is 78.9 Å². The second-order valence-corrected chi connectivity index (χ2v) is 7.57. The zero-order chi connectivity index (χ0) is 22.1. The summed E-state index contributed by atoms with van der Waals surface area (Å²) in [6, 6.07) is 23.3. The summed E-state index contributed by atoms with van der Waals surface area (Å²) in [5, 5.41) is 3.57. The summed E-state index contributed by atoms with van der Waals surface area (Å²) in [6.45, 7) is 0.745. The van der Waals surface area contributed by atoms with Gasteiger partial charge in [0.1, 0.15) is 5.75 Å². The maximum atomic E-state index is 13.2. The highest BCUT2D eigenvalue weighted by Crippen LogP contribution is 2.25. The number of anilines is 1. The van der Waals surface area contributed by atoms with E-state index in [1.807, 2.05) is 48.5 Å². The first-order valence-electron chi connectivity index (χ1n) is 9.81. The fraction of sp³-hybridized carbons (Fsp3) is 0.167. The predicted molar refractivity (Wildman–Crippen MR) is 124 cm³/mol. The number of nitrogens with zero attached hydrogens (tertiary/aromatic N) is 1. The molecule has 0 saturated heterocycles. The number of carbonyl (C=O) groups excluding carboxylic acids is 2. The fourth-order valence-electron chi connectivity index (χ4n) is 2.95. The van der Waals surface area contributed by atoms with Crippen LogP contribution in [0.5, 0.6) is 5.75 Å². The van der Waals surface area contributed by atoms with Gasteiger partial charge in [-0.25, -0.2) is 0 Å². The molecule has 0 aromatic heterocycles. The van der Waals surface area contributed by atoms with E-state index >= 15 is 0 Å². The molecule has 0 spiro atoms. The van der Waals surface area contributed by atoms with Crippen molar-refractivity contribution in [3.05, 3.63) is 94.5 Å². The summed E-state index contributed by atoms with van der Waals surface area (Å²) in [4.78, 5) is 26.8. The van der Waals surface area contributed by atoms with E-state index < -0.39 is 0 Å². The zero-order valence-corrected chi connectivity index (χ0v) is 18.3. The SMILES string of the molecule is O=C(COc1ccccc1)NCCCN(C(=O)c1ccc(Cl)cc1Cl)c1ccccc1. The Morgan fingerprint density at radius 2 is 1.58 bits per heavy atom. The van der Waals surface area contributed by atoms with Gasteiger partial charge in [-0.05, 0) is 48.9 Å². The van der Waals surface area contributed by atoms with E-state index in [1.54, 1.807) is 35.2 Å². The average molecular weight is 457 g/mol. The van der Waals surface area contributed by atoms with Crippen LogP contribution in [-0.2, 0) is 4.79 Å². The molecular weight excluding hydrogens is 435 g/mol. The molecule has 2 amide bonds. The van der Waals surface area contributed by atoms with Gasteiger partial charge in [0.05, 0.1) is 10.6 Å². The van der Waals surface area contributed by atoms with Crippen LogP contribution in [0.4, 0.5) is 5.69 Å². The molecule has 1 N–H and O–H groups in total. The Kier molecular flexibility index (Phi) is 8.33. The first-order valence-corrected chi connectivity index (χ1v) is 10.6. The molecule has 0 bridgehead atoms. The summed E-state index contributed by atoms with van der Waals surface area (Å²) in [6.07, 6.45) is 0.558. The van der Waals surface area contributed by atoms with Crippen LogP contribution in [0.3, 0.4) is 0 Å². The number of carbonyl (C=O) groups is 2. The van der Waals surface area contributed by atoms with Gasteiger partial charge in [0.25, 0.3) is 11.8 Å². The van der Waals surface area contributed by atoms with Crippen LogP contribution in [-0.4, -0.2) is 31.5 Å². The Balaban J connectivity index is 1.57. The standard InChI is InChI=1S/C24H22Cl2N2O3/c25-18-12-13-21(22(26)16-18)24(30)28(19-8-3-1-4-9-19)15-7-14-27-23(29)17-31-20-10-5-2-6-11-20/h1-6,8-13,16H,7,14-15,17H2,(H,27,29). The lowest BCUT2D eigenvalue weighted by atomic mass is 10.1. The summed E-state index contributed by atoms with van der Waals surface area (Å²) in [5.74, 6) is 0.187. The molecule has 0 aliphatic rings. The smallest absolute Gasteiger partial charge is 0.259 e. The summed E-state index contributed by atoms with van der Waals surface area (Å²) in [7, 11) is 0. The Morgan fingerprint density at radius 3 is 2.26 bits per heavy atom. The molecule has 3 aromatic rings. The number of hydrogen-bond acceptors (Lipinski definition) is 3. The minimum absolute atomic E-state index is 0.0638. The molecule has 7 heteroatoms. The van der Waals surface area contributed by atoms with Gasteiger partial charge in [-0.15, -0.1) is 0 Å². The third-order valence-corrected chi connectivity index (χ3v) is 5.02. The van der Waals surface area contributed by atoms with Gasteiger partial charge in [0, 0.05) is 23.8 Å². The van der Waals surface area contributed by atoms with Crippen LogP contribution < -0.4 is 15.0 Å². The Bertz CT molecular complexity index is 1010. The summed E-state index contributed by atoms with van der Waals surface area (Å²) < 4.78 is 5.43. The van der Waals surface area contributed by atoms with Gasteiger partial charge in [-0.1, -0.05) is 59.6 Å². The number of ether oxygens (including phenoxy) is 1. The minimum atomic E-state index is -0.230. The lowest BCUT2D eigenvalue weighted by Gasteiger charge is -2.23. The number of benzene rings is 3. The number of halogens is 2. The quantitative estimate of drug-likeness (QED) is 0.448. The van der Waals surface area contributed by atoms with Crippen molar-refractivity contribution in [3.63, 3.8) is 0 Å². The highest BCUT2D eigenvalue weighted by atomic mass is 35.5. The topological polar surface area (TPSA) is 58.6 Å². The van der Waals surface area contributed by atoms with E-state index in [1.165, 1.54) is 0 Å². The molecule has 5 nitrogen and oxygen atoms in total. The Morgan fingerprint density at radius 1 is 0.903 bits per heavy atom. The predicted octanol–water partition coefficient (Wildman–Crippen LogP) is 5.23. The highest BCUT2D eigenvalue weighted by Gasteiger charge is 2.20. The van der Waals surface area contributed by atoms with Crippen molar-refractivity contribution in [1.29, 1.82) is 0 Å². The molecule has 0 heterocycles. The van der Waals surface area contributed by atoms with Gasteiger partial charge in [0.15, 0.2) is 6.61 Å². The number of nitrogens with one attached hydrogen (secondary N) is 1. The van der Waals surface area contributed by atoms with E-state index in [2.05, 4.69) is 5.32 Å². The lowest BCUT2D eigenvalue weighted by Crippen LogP contribution is -2.35. The largest absolute Gasteiger partial charge is 0.484 e. The average Bonchev–Trinajstić information content (AvgIpc) is 2.78. The van der Waals surface area contributed by atoms with E-state index in [0.29, 0.717) is 40.9 Å². The van der Waals surface area contributed by atoms with Crippen molar-refractivity contribution in [3.8, 4) is 5.75 Å². The molecule has 3 aromatic carbocycles. The summed E-state index contributed by atoms with van der Waals surface area (Å²) >= 11 is 12.2. The van der Waals surface area contributed by atoms with Crippen molar-refractivity contribution < 1.29 is 14.3 Å². The van der Waals surface area contributed by atoms with E-state index in [9.17, 15) is 9.59 Å². The highest BCUT2D eigenvalue weighted by molar-refractivity contribution is 6.37. The molecule has 0 atom stereocenters. The van der Waals surface area contributed by atoms with Crippen molar-refractivity contribution in [1.82, 2.24) is 5.32 Å².